The van der Waals surface area contributed by atoms with Crippen LogP contribution in [0.15, 0.2) is 207 Å². The molecule has 2 heterocycles. The predicted octanol–water partition coefficient (Wildman–Crippen LogP) is 14.8. The van der Waals surface area contributed by atoms with Gasteiger partial charge in [-0.15, -0.1) is 0 Å². The minimum atomic E-state index is 0.974. The maximum absolute atomic E-state index is 5.03. The second-order valence-corrected chi connectivity index (χ2v) is 15.1. The van der Waals surface area contributed by atoms with E-state index in [1.807, 2.05) is 0 Å². The van der Waals surface area contributed by atoms with Crippen LogP contribution in [0.2, 0.25) is 0 Å². The predicted molar refractivity (Wildman–Crippen MR) is 239 cm³/mol. The van der Waals surface area contributed by atoms with Gasteiger partial charge in [0.15, 0.2) is 0 Å². The smallest absolute Gasteiger partial charge is 0.145 e. The van der Waals surface area contributed by atoms with Crippen LogP contribution in [0.4, 0.5) is 0 Å². The highest BCUT2D eigenvalue weighted by molar-refractivity contribution is 6.28. The Labute approximate surface area is 330 Å². The minimum absolute atomic E-state index is 0.974. The number of hydrogen-bond donors (Lipinski definition) is 0. The summed E-state index contributed by atoms with van der Waals surface area (Å²) in [6.07, 6.45) is 4.21. The molecule has 9 aromatic carbocycles. The third kappa shape index (κ3) is 4.87. The Bertz CT molecular complexity index is 3270. The van der Waals surface area contributed by atoms with Crippen LogP contribution < -0.4 is 0 Å². The molecule has 12 rings (SSSR count). The molecule has 0 aliphatic heterocycles. The normalized spacial score (nSPS) is 11.9. The van der Waals surface area contributed by atoms with Crippen molar-refractivity contribution in [2.75, 3.05) is 0 Å². The number of pyridine rings is 1. The van der Waals surface area contributed by atoms with Gasteiger partial charge in [0.1, 0.15) is 5.65 Å². The topological polar surface area (TPSA) is 17.3 Å². The molecule has 1 aliphatic carbocycles. The summed E-state index contributed by atoms with van der Waals surface area (Å²) in [6.45, 7) is 0. The average molecular weight is 723 g/mol. The summed E-state index contributed by atoms with van der Waals surface area (Å²) in [5.41, 5.74) is 18.2. The van der Waals surface area contributed by atoms with Crippen LogP contribution in [-0.4, -0.2) is 9.38 Å². The number of hydrogen-bond acceptors (Lipinski definition) is 1. The van der Waals surface area contributed by atoms with E-state index in [0.717, 1.165) is 22.3 Å². The van der Waals surface area contributed by atoms with Crippen molar-refractivity contribution in [3.8, 4) is 78.0 Å². The van der Waals surface area contributed by atoms with Gasteiger partial charge >= 0.3 is 0 Å². The Morgan fingerprint density at radius 3 is 1.47 bits per heavy atom. The summed E-state index contributed by atoms with van der Waals surface area (Å²) in [5, 5.41) is 7.53. The molecule has 2 aromatic heterocycles. The molecule has 0 bridgehead atoms. The summed E-state index contributed by atoms with van der Waals surface area (Å²) in [7, 11) is 0. The van der Waals surface area contributed by atoms with Gasteiger partial charge in [0.25, 0.3) is 0 Å². The van der Waals surface area contributed by atoms with Gasteiger partial charge in [0, 0.05) is 23.3 Å². The molecule has 0 unspecified atom stereocenters. The lowest BCUT2D eigenvalue weighted by Gasteiger charge is -2.20. The van der Waals surface area contributed by atoms with Crippen molar-refractivity contribution in [2.45, 2.75) is 0 Å². The maximum atomic E-state index is 5.03. The van der Waals surface area contributed by atoms with Gasteiger partial charge in [-0.25, -0.2) is 4.98 Å². The molecule has 0 radical (unpaired) electrons. The van der Waals surface area contributed by atoms with Crippen molar-refractivity contribution in [3.63, 3.8) is 0 Å². The fourth-order valence-corrected chi connectivity index (χ4v) is 9.39. The van der Waals surface area contributed by atoms with Gasteiger partial charge in [0.2, 0.25) is 0 Å². The zero-order valence-corrected chi connectivity index (χ0v) is 31.0. The highest BCUT2D eigenvalue weighted by Crippen LogP contribution is 2.58. The molecule has 0 atom stereocenters. The van der Waals surface area contributed by atoms with Gasteiger partial charge in [0.05, 0.1) is 5.69 Å². The molecule has 0 N–H and O–H groups in total. The summed E-state index contributed by atoms with van der Waals surface area (Å²) in [4.78, 5) is 5.03. The second-order valence-electron chi connectivity index (χ2n) is 15.1. The Hall–Kier alpha value is -7.55. The van der Waals surface area contributed by atoms with Gasteiger partial charge < -0.3 is 4.40 Å². The first-order chi connectivity index (χ1) is 28.3. The number of rotatable bonds is 5. The van der Waals surface area contributed by atoms with E-state index in [1.54, 1.807) is 0 Å². The van der Waals surface area contributed by atoms with E-state index >= 15 is 0 Å². The van der Waals surface area contributed by atoms with Crippen molar-refractivity contribution in [3.05, 3.63) is 207 Å². The number of nitrogens with zero attached hydrogens (tertiary/aromatic N) is 2. The fourth-order valence-electron chi connectivity index (χ4n) is 9.39. The summed E-state index contributed by atoms with van der Waals surface area (Å²) < 4.78 is 2.12. The van der Waals surface area contributed by atoms with Crippen molar-refractivity contribution >= 4 is 38.0 Å². The van der Waals surface area contributed by atoms with E-state index in [4.69, 9.17) is 4.98 Å². The number of benzene rings is 9. The summed E-state index contributed by atoms with van der Waals surface area (Å²) in [6, 6.07) is 70.9. The molecule has 0 spiro atoms. The molecular weight excluding hydrogens is 689 g/mol. The first-order valence-corrected chi connectivity index (χ1v) is 19.6. The van der Waals surface area contributed by atoms with Gasteiger partial charge in [-0.3, -0.25) is 0 Å². The lowest BCUT2D eigenvalue weighted by molar-refractivity contribution is 1.20. The van der Waals surface area contributed by atoms with Crippen molar-refractivity contribution in [2.24, 2.45) is 0 Å². The summed E-state index contributed by atoms with van der Waals surface area (Å²) >= 11 is 0. The van der Waals surface area contributed by atoms with E-state index < -0.39 is 0 Å². The van der Waals surface area contributed by atoms with Crippen LogP contribution in [-0.2, 0) is 0 Å². The Balaban J connectivity index is 0.961. The molecule has 2 heteroatoms. The van der Waals surface area contributed by atoms with Crippen molar-refractivity contribution in [1.82, 2.24) is 9.38 Å². The van der Waals surface area contributed by atoms with Gasteiger partial charge in [-0.1, -0.05) is 188 Å². The third-order valence-electron chi connectivity index (χ3n) is 12.0. The van der Waals surface area contributed by atoms with E-state index in [2.05, 4.69) is 211 Å². The Morgan fingerprint density at radius 1 is 0.316 bits per heavy atom. The van der Waals surface area contributed by atoms with Crippen LogP contribution in [0.25, 0.3) is 116 Å². The van der Waals surface area contributed by atoms with Gasteiger partial charge in [-0.05, 0) is 99.8 Å². The molecule has 0 amide bonds. The zero-order chi connectivity index (χ0) is 37.5. The largest absolute Gasteiger partial charge is 0.306 e. The Kier molecular flexibility index (Phi) is 6.96. The molecule has 1 aliphatic rings. The molecule has 0 saturated heterocycles. The molecule has 0 saturated carbocycles. The standard InChI is InChI=1S/C55H34N2/c1-3-13-40(14-4-1)50-45-18-9-10-19-46(45)51(41-15-5-2-6-16-41)54-48-31-30-42(44-20-11-21-47(52(44)48)53(50)54)38-26-22-35(23-27-38)36-24-28-39(29-25-36)49-34-57-33-32-37-12-7-8-17-43(37)55(57)56-49/h1-34H. The number of fused-ring (bicyclic) bond motifs is 7. The molecule has 57 heavy (non-hydrogen) atoms. The van der Waals surface area contributed by atoms with E-state index in [1.165, 1.54) is 93.7 Å². The van der Waals surface area contributed by atoms with Crippen LogP contribution in [0.3, 0.4) is 0 Å². The minimum Gasteiger partial charge on any atom is -0.306 e. The number of aromatic nitrogens is 2. The highest BCUT2D eigenvalue weighted by atomic mass is 15.0. The van der Waals surface area contributed by atoms with Crippen LogP contribution in [0, 0.1) is 0 Å². The zero-order valence-electron chi connectivity index (χ0n) is 31.0. The maximum Gasteiger partial charge on any atom is 0.145 e. The SMILES string of the molecule is c1ccc(-c2c3c(c(-c4ccccc4)c4ccccc24)-c2ccc(-c4ccc(-c5ccc(-c6cn7ccc8ccccc8c7n6)cc5)cc4)c4cccc-3c24)cc1. The first-order valence-electron chi connectivity index (χ1n) is 19.6. The lowest BCUT2D eigenvalue weighted by atomic mass is 9.82. The van der Waals surface area contributed by atoms with Gasteiger partial charge in [-0.2, -0.15) is 0 Å². The number of imidazole rings is 1. The van der Waals surface area contributed by atoms with Crippen molar-refractivity contribution < 1.29 is 0 Å². The molecule has 11 aromatic rings. The monoisotopic (exact) mass is 722 g/mol. The molecule has 264 valence electrons. The lowest BCUT2D eigenvalue weighted by Crippen LogP contribution is -1.93. The molecular formula is C55H34N2. The third-order valence-corrected chi connectivity index (χ3v) is 12.0. The quantitative estimate of drug-likeness (QED) is 0.173. The van der Waals surface area contributed by atoms with Crippen molar-refractivity contribution in [1.29, 1.82) is 0 Å². The van der Waals surface area contributed by atoms with Crippen LogP contribution in [0.1, 0.15) is 0 Å². The van der Waals surface area contributed by atoms with E-state index in [0.29, 0.717) is 0 Å². The first kappa shape index (κ1) is 31.8. The average Bonchev–Trinajstić information content (AvgIpc) is 3.88. The molecule has 2 nitrogen and oxygen atoms in total. The van der Waals surface area contributed by atoms with Crippen LogP contribution >= 0.6 is 0 Å². The van der Waals surface area contributed by atoms with E-state index in [9.17, 15) is 0 Å². The van der Waals surface area contributed by atoms with Crippen LogP contribution in [0.5, 0.6) is 0 Å². The Morgan fingerprint density at radius 2 is 0.825 bits per heavy atom. The second kappa shape index (κ2) is 12.5. The van der Waals surface area contributed by atoms with E-state index in [-0.39, 0.29) is 0 Å². The highest BCUT2D eigenvalue weighted by Gasteiger charge is 2.31. The fraction of sp³-hybridized carbons (Fsp3) is 0. The molecule has 0 fully saturated rings. The summed E-state index contributed by atoms with van der Waals surface area (Å²) in [5.74, 6) is 0.